The van der Waals surface area contributed by atoms with Crippen molar-refractivity contribution >= 4 is 22.9 Å². The van der Waals surface area contributed by atoms with Gasteiger partial charge in [-0.25, -0.2) is 24.7 Å². The van der Waals surface area contributed by atoms with Crippen molar-refractivity contribution in [3.8, 4) is 12.0 Å². The summed E-state index contributed by atoms with van der Waals surface area (Å²) in [6, 6.07) is 3.58. The van der Waals surface area contributed by atoms with Crippen molar-refractivity contribution in [2.45, 2.75) is 78.5 Å². The van der Waals surface area contributed by atoms with Crippen LogP contribution in [0.5, 0.6) is 0 Å². The fraction of sp³-hybridized carbons (Fsp3) is 0.538. The summed E-state index contributed by atoms with van der Waals surface area (Å²) in [6.07, 6.45) is 4.81. The zero-order chi connectivity index (χ0) is 26.4. The number of hydrogen-bond donors (Lipinski definition) is 0. The quantitative estimate of drug-likeness (QED) is 0.525. The molecule has 0 aliphatic carbocycles. The van der Waals surface area contributed by atoms with Crippen LogP contribution in [0.4, 0.5) is 10.6 Å². The van der Waals surface area contributed by atoms with Crippen LogP contribution in [-0.4, -0.2) is 66.3 Å². The van der Waals surface area contributed by atoms with Crippen LogP contribution in [-0.2, 0) is 10.2 Å². The lowest BCUT2D eigenvalue weighted by atomic mass is 9.87. The molecule has 10 nitrogen and oxygen atoms in total. The fourth-order valence-electron chi connectivity index (χ4n) is 4.51. The molecule has 0 N–H and O–H groups in total. The van der Waals surface area contributed by atoms with Gasteiger partial charge in [-0.1, -0.05) is 20.8 Å². The average molecular weight is 491 g/mol. The number of piperazine rings is 1. The van der Waals surface area contributed by atoms with Gasteiger partial charge in [0.1, 0.15) is 29.5 Å². The zero-order valence-electron chi connectivity index (χ0n) is 22.3. The second-order valence-corrected chi connectivity index (χ2v) is 11.4. The molecule has 1 aliphatic rings. The maximum atomic E-state index is 12.8. The highest BCUT2D eigenvalue weighted by molar-refractivity contribution is 5.93. The molecule has 0 radical (unpaired) electrons. The van der Waals surface area contributed by atoms with Gasteiger partial charge in [0, 0.05) is 37.6 Å². The van der Waals surface area contributed by atoms with E-state index >= 15 is 0 Å². The highest BCUT2D eigenvalue weighted by Gasteiger charge is 2.37. The molecule has 2 unspecified atom stereocenters. The number of anilines is 1. The van der Waals surface area contributed by atoms with E-state index in [9.17, 15) is 10.1 Å². The van der Waals surface area contributed by atoms with Crippen LogP contribution in [0.2, 0.25) is 0 Å². The molecule has 0 spiro atoms. The number of amides is 1. The van der Waals surface area contributed by atoms with E-state index in [1.54, 1.807) is 23.5 Å². The standard InChI is InChI=1S/C26H34N8O2/c1-16-13-33(24(35)36-26(6,7)8)17(2)12-32(16)21-20-19(25(3,4)5)14-34(22(20)30-15-29-21)23-28-10-9-18(11-27)31-23/h9-10,14-17H,12-13H2,1-8H3. The summed E-state index contributed by atoms with van der Waals surface area (Å²) >= 11 is 0. The number of carbonyl (C=O) groups is 1. The summed E-state index contributed by atoms with van der Waals surface area (Å²) in [4.78, 5) is 35.0. The number of fused-ring (bicyclic) bond motifs is 1. The van der Waals surface area contributed by atoms with Gasteiger partial charge in [0.25, 0.3) is 0 Å². The first-order chi connectivity index (χ1) is 16.8. The molecule has 1 saturated heterocycles. The first-order valence-corrected chi connectivity index (χ1v) is 12.2. The van der Waals surface area contributed by atoms with Crippen molar-refractivity contribution < 1.29 is 9.53 Å². The smallest absolute Gasteiger partial charge is 0.410 e. The number of nitrogens with zero attached hydrogens (tertiary/aromatic N) is 8. The van der Waals surface area contributed by atoms with Gasteiger partial charge in [-0.2, -0.15) is 5.26 Å². The highest BCUT2D eigenvalue weighted by Crippen LogP contribution is 2.38. The molecular weight excluding hydrogens is 456 g/mol. The molecule has 10 heteroatoms. The minimum Gasteiger partial charge on any atom is -0.444 e. The summed E-state index contributed by atoms with van der Waals surface area (Å²) in [5.74, 6) is 1.19. The van der Waals surface area contributed by atoms with Crippen molar-refractivity contribution in [2.75, 3.05) is 18.0 Å². The lowest BCUT2D eigenvalue weighted by Gasteiger charge is -2.45. The Morgan fingerprint density at radius 1 is 1.08 bits per heavy atom. The number of nitriles is 1. The first-order valence-electron chi connectivity index (χ1n) is 12.2. The van der Waals surface area contributed by atoms with E-state index in [1.165, 1.54) is 0 Å². The van der Waals surface area contributed by atoms with E-state index in [1.807, 2.05) is 38.5 Å². The minimum absolute atomic E-state index is 0.00107. The van der Waals surface area contributed by atoms with Crippen molar-refractivity contribution in [1.82, 2.24) is 29.4 Å². The Morgan fingerprint density at radius 2 is 1.81 bits per heavy atom. The second kappa shape index (κ2) is 9.04. The Morgan fingerprint density at radius 3 is 2.44 bits per heavy atom. The normalized spacial score (nSPS) is 18.9. The summed E-state index contributed by atoms with van der Waals surface area (Å²) in [6.45, 7) is 17.3. The van der Waals surface area contributed by atoms with Gasteiger partial charge in [0.2, 0.25) is 5.95 Å². The van der Waals surface area contributed by atoms with E-state index in [-0.39, 0.29) is 29.3 Å². The van der Waals surface area contributed by atoms with Crippen LogP contribution in [0.3, 0.4) is 0 Å². The molecule has 3 aromatic heterocycles. The molecular formula is C26H34N8O2. The van der Waals surface area contributed by atoms with Crippen molar-refractivity contribution in [3.05, 3.63) is 36.0 Å². The molecule has 0 saturated carbocycles. The third-order valence-corrected chi connectivity index (χ3v) is 6.23. The second-order valence-electron chi connectivity index (χ2n) is 11.4. The van der Waals surface area contributed by atoms with E-state index in [4.69, 9.17) is 9.72 Å². The number of carbonyl (C=O) groups excluding carboxylic acids is 1. The number of aromatic nitrogens is 5. The predicted molar refractivity (Wildman–Crippen MR) is 137 cm³/mol. The van der Waals surface area contributed by atoms with Gasteiger partial charge in [-0.05, 0) is 51.7 Å². The van der Waals surface area contributed by atoms with Crippen LogP contribution in [0.25, 0.3) is 17.0 Å². The lowest BCUT2D eigenvalue weighted by Crippen LogP contribution is -2.59. The first kappa shape index (κ1) is 25.4. The van der Waals surface area contributed by atoms with Gasteiger partial charge in [0.15, 0.2) is 5.65 Å². The molecule has 1 aliphatic heterocycles. The molecule has 3 aromatic rings. The van der Waals surface area contributed by atoms with E-state index in [0.717, 1.165) is 16.8 Å². The molecule has 36 heavy (non-hydrogen) atoms. The van der Waals surface area contributed by atoms with Gasteiger partial charge < -0.3 is 14.5 Å². The lowest BCUT2D eigenvalue weighted by molar-refractivity contribution is 0.0130. The van der Waals surface area contributed by atoms with E-state index < -0.39 is 5.60 Å². The Bertz CT molecular complexity index is 1330. The third kappa shape index (κ3) is 4.83. The molecule has 4 rings (SSSR count). The maximum Gasteiger partial charge on any atom is 0.410 e. The molecule has 190 valence electrons. The predicted octanol–water partition coefficient (Wildman–Crippen LogP) is 4.21. The Labute approximate surface area is 211 Å². The van der Waals surface area contributed by atoms with Crippen molar-refractivity contribution in [3.63, 3.8) is 0 Å². The van der Waals surface area contributed by atoms with Crippen molar-refractivity contribution in [2.24, 2.45) is 0 Å². The molecule has 0 aromatic carbocycles. The number of hydrogen-bond acceptors (Lipinski definition) is 8. The molecule has 0 bridgehead atoms. The largest absolute Gasteiger partial charge is 0.444 e. The maximum absolute atomic E-state index is 12.8. The van der Waals surface area contributed by atoms with E-state index in [2.05, 4.69) is 53.6 Å². The Kier molecular flexibility index (Phi) is 6.37. The summed E-state index contributed by atoms with van der Waals surface area (Å²) in [5.41, 5.74) is 1.24. The molecule has 1 fully saturated rings. The van der Waals surface area contributed by atoms with E-state index in [0.29, 0.717) is 24.7 Å². The van der Waals surface area contributed by atoms with Crippen LogP contribution < -0.4 is 4.90 Å². The summed E-state index contributed by atoms with van der Waals surface area (Å²) in [5, 5.41) is 10.2. The highest BCUT2D eigenvalue weighted by atomic mass is 16.6. The van der Waals surface area contributed by atoms with Crippen LogP contribution in [0.15, 0.2) is 24.8 Å². The van der Waals surface area contributed by atoms with Gasteiger partial charge in [-0.3, -0.25) is 4.57 Å². The van der Waals surface area contributed by atoms with Crippen LogP contribution in [0.1, 0.15) is 66.6 Å². The Balaban J connectivity index is 1.79. The average Bonchev–Trinajstić information content (AvgIpc) is 3.20. The molecule has 2 atom stereocenters. The Hall–Kier alpha value is -3.74. The van der Waals surface area contributed by atoms with Crippen molar-refractivity contribution in [1.29, 1.82) is 5.26 Å². The minimum atomic E-state index is -0.550. The third-order valence-electron chi connectivity index (χ3n) is 6.23. The molecule has 1 amide bonds. The molecule has 4 heterocycles. The topological polar surface area (TPSA) is 113 Å². The van der Waals surface area contributed by atoms with Gasteiger partial charge >= 0.3 is 6.09 Å². The van der Waals surface area contributed by atoms with Gasteiger partial charge in [-0.15, -0.1) is 0 Å². The monoisotopic (exact) mass is 490 g/mol. The number of ether oxygens (including phenoxy) is 1. The SMILES string of the molecule is CC1CN(c2ncnc3c2c(C(C)(C)C)cn3-c2nccc(C#N)n2)C(C)CN1C(=O)OC(C)(C)C. The summed E-state index contributed by atoms with van der Waals surface area (Å²) in [7, 11) is 0. The summed E-state index contributed by atoms with van der Waals surface area (Å²) < 4.78 is 7.47. The fourth-order valence-corrected chi connectivity index (χ4v) is 4.51. The number of rotatable bonds is 2. The van der Waals surface area contributed by atoms with Gasteiger partial charge in [0.05, 0.1) is 5.39 Å². The van der Waals surface area contributed by atoms with Crippen LogP contribution in [0, 0.1) is 11.3 Å². The zero-order valence-corrected chi connectivity index (χ0v) is 22.3. The van der Waals surface area contributed by atoms with Crippen LogP contribution >= 0.6 is 0 Å².